The van der Waals surface area contributed by atoms with Crippen molar-refractivity contribution in [2.75, 3.05) is 25.2 Å². The molecule has 0 aromatic heterocycles. The van der Waals surface area contributed by atoms with Crippen molar-refractivity contribution in [3.63, 3.8) is 0 Å². The first-order chi connectivity index (χ1) is 12.5. The van der Waals surface area contributed by atoms with Gasteiger partial charge in [0.05, 0.1) is 4.90 Å². The van der Waals surface area contributed by atoms with Crippen molar-refractivity contribution in [3.8, 4) is 0 Å². The topological polar surface area (TPSA) is 49.4 Å². The zero-order valence-corrected chi connectivity index (χ0v) is 16.7. The Morgan fingerprint density at radius 1 is 1.22 bits per heavy atom. The van der Waals surface area contributed by atoms with E-state index in [0.717, 1.165) is 22.4 Å². The molecular weight excluding hydrogens is 370 g/mol. The molecule has 0 spiro atoms. The molecule has 0 atom stereocenters. The van der Waals surface area contributed by atoms with E-state index in [1.807, 2.05) is 31.1 Å². The number of sulfone groups is 1. The molecule has 1 aliphatic heterocycles. The Morgan fingerprint density at radius 3 is 2.48 bits per heavy atom. The molecule has 0 radical (unpaired) electrons. The predicted molar refractivity (Wildman–Crippen MR) is 105 cm³/mol. The van der Waals surface area contributed by atoms with Crippen LogP contribution in [0, 0.1) is 0 Å². The highest BCUT2D eigenvalue weighted by Crippen LogP contribution is 2.36. The Bertz CT molecular complexity index is 881. The van der Waals surface area contributed by atoms with Crippen molar-refractivity contribution in [3.05, 3.63) is 41.6 Å². The summed E-state index contributed by atoms with van der Waals surface area (Å²) in [6, 6.07) is 4.99. The Morgan fingerprint density at radius 2 is 1.89 bits per heavy atom. The van der Waals surface area contributed by atoms with E-state index in [9.17, 15) is 17.2 Å². The fourth-order valence-electron chi connectivity index (χ4n) is 3.73. The van der Waals surface area contributed by atoms with Gasteiger partial charge < -0.3 is 10.2 Å². The first kappa shape index (κ1) is 19.9. The van der Waals surface area contributed by atoms with E-state index in [1.54, 1.807) is 18.2 Å². The number of allylic oxidation sites excluding steroid dienone is 2. The van der Waals surface area contributed by atoms with Crippen LogP contribution in [0.15, 0.2) is 40.9 Å². The van der Waals surface area contributed by atoms with Gasteiger partial charge in [-0.25, -0.2) is 17.2 Å². The van der Waals surface area contributed by atoms with Crippen LogP contribution in [-0.4, -0.2) is 45.1 Å². The van der Waals surface area contributed by atoms with Crippen molar-refractivity contribution < 1.29 is 17.2 Å². The lowest BCUT2D eigenvalue weighted by molar-refractivity contribution is -0.0360. The third kappa shape index (κ3) is 4.89. The highest BCUT2D eigenvalue weighted by Gasteiger charge is 2.35. The van der Waals surface area contributed by atoms with Crippen LogP contribution in [0.3, 0.4) is 0 Å². The normalized spacial score (nSPS) is 20.9. The summed E-state index contributed by atoms with van der Waals surface area (Å²) in [5.74, 6) is -2.57. The van der Waals surface area contributed by atoms with Crippen LogP contribution in [-0.2, 0) is 9.84 Å². The van der Waals surface area contributed by atoms with Gasteiger partial charge in [0.2, 0.25) is 5.92 Å². The van der Waals surface area contributed by atoms with Gasteiger partial charge in [0, 0.05) is 56.2 Å². The molecule has 0 bridgehead atoms. The molecule has 0 unspecified atom stereocenters. The van der Waals surface area contributed by atoms with Crippen LogP contribution in [0.2, 0.25) is 0 Å². The van der Waals surface area contributed by atoms with E-state index in [1.165, 1.54) is 6.26 Å². The molecule has 3 rings (SSSR count). The summed E-state index contributed by atoms with van der Waals surface area (Å²) in [6.45, 7) is 2.65. The predicted octanol–water partition coefficient (Wildman–Crippen LogP) is 4.31. The highest BCUT2D eigenvalue weighted by atomic mass is 32.2. The smallest absolute Gasteiger partial charge is 0.248 e. The van der Waals surface area contributed by atoms with Crippen molar-refractivity contribution >= 4 is 21.1 Å². The van der Waals surface area contributed by atoms with Crippen molar-refractivity contribution in [1.29, 1.82) is 0 Å². The van der Waals surface area contributed by atoms with Gasteiger partial charge >= 0.3 is 0 Å². The largest absolute Gasteiger partial charge is 0.382 e. The number of alkyl halides is 2. The number of hydrogen-bond acceptors (Lipinski definition) is 4. The van der Waals surface area contributed by atoms with Gasteiger partial charge in [-0.1, -0.05) is 6.08 Å². The number of rotatable bonds is 4. The lowest BCUT2D eigenvalue weighted by atomic mass is 9.91. The molecule has 1 aliphatic carbocycles. The highest BCUT2D eigenvalue weighted by molar-refractivity contribution is 7.90. The van der Waals surface area contributed by atoms with Crippen LogP contribution in [0.4, 0.5) is 14.5 Å². The van der Waals surface area contributed by atoms with Gasteiger partial charge in [0.25, 0.3) is 0 Å². The lowest BCUT2D eigenvalue weighted by Crippen LogP contribution is -2.32. The van der Waals surface area contributed by atoms with Crippen molar-refractivity contribution in [2.45, 2.75) is 49.5 Å². The molecule has 1 N–H and O–H groups in total. The molecule has 1 heterocycles. The van der Waals surface area contributed by atoms with Crippen molar-refractivity contribution in [2.24, 2.45) is 0 Å². The van der Waals surface area contributed by atoms with Crippen LogP contribution >= 0.6 is 0 Å². The van der Waals surface area contributed by atoms with E-state index in [-0.39, 0.29) is 23.8 Å². The van der Waals surface area contributed by atoms with E-state index in [0.29, 0.717) is 19.4 Å². The molecule has 0 saturated heterocycles. The Labute approximate surface area is 159 Å². The van der Waals surface area contributed by atoms with Crippen LogP contribution in [0.25, 0.3) is 5.57 Å². The van der Waals surface area contributed by atoms with Crippen LogP contribution < -0.4 is 5.32 Å². The van der Waals surface area contributed by atoms with Gasteiger partial charge in [-0.15, -0.1) is 0 Å². The van der Waals surface area contributed by atoms with Crippen molar-refractivity contribution in [1.82, 2.24) is 4.90 Å². The van der Waals surface area contributed by atoms with Crippen LogP contribution in [0.5, 0.6) is 0 Å². The fraction of sp³-hybridized carbons (Fsp3) is 0.500. The summed E-state index contributed by atoms with van der Waals surface area (Å²) in [6.07, 6.45) is 5.83. The summed E-state index contributed by atoms with van der Waals surface area (Å²) >= 11 is 0. The molecule has 7 heteroatoms. The molecular formula is C20H26F2N2O2S. The minimum Gasteiger partial charge on any atom is -0.382 e. The van der Waals surface area contributed by atoms with Gasteiger partial charge in [-0.2, -0.15) is 0 Å². The molecule has 4 nitrogen and oxygen atoms in total. The number of anilines is 1. The first-order valence-electron chi connectivity index (χ1n) is 9.12. The minimum atomic E-state index is -3.34. The molecule has 1 aromatic rings. The summed E-state index contributed by atoms with van der Waals surface area (Å²) in [5, 5.41) is 3.39. The van der Waals surface area contributed by atoms with E-state index < -0.39 is 15.8 Å². The summed E-state index contributed by atoms with van der Waals surface area (Å²) in [4.78, 5) is 2.30. The molecule has 0 amide bonds. The summed E-state index contributed by atoms with van der Waals surface area (Å²) in [5.41, 5.74) is 3.69. The lowest BCUT2D eigenvalue weighted by Gasteiger charge is -2.31. The molecule has 1 saturated carbocycles. The van der Waals surface area contributed by atoms with Gasteiger partial charge in [0.15, 0.2) is 9.84 Å². The average molecular weight is 397 g/mol. The third-order valence-corrected chi connectivity index (χ3v) is 6.20. The standard InChI is InChI=1S/C20H26F2N2O2S/c1-14-10-15(13-24(2)12-14)18-11-17(27(3,25)26)4-5-19(18)23-16-6-8-20(21,22)9-7-16/h4-5,10-12,16,23H,6-9,13H2,1-3H3. The maximum Gasteiger partial charge on any atom is 0.248 e. The molecule has 27 heavy (non-hydrogen) atoms. The Balaban J connectivity index is 1.95. The average Bonchev–Trinajstić information content (AvgIpc) is 2.55. The molecule has 2 aliphatic rings. The number of hydrogen-bond donors (Lipinski definition) is 1. The quantitative estimate of drug-likeness (QED) is 0.824. The number of halogens is 2. The first-order valence-corrected chi connectivity index (χ1v) is 11.0. The summed E-state index contributed by atoms with van der Waals surface area (Å²) in [7, 11) is -1.37. The molecule has 148 valence electrons. The van der Waals surface area contributed by atoms with E-state index in [4.69, 9.17) is 0 Å². The van der Waals surface area contributed by atoms with Gasteiger partial charge in [0.1, 0.15) is 0 Å². The van der Waals surface area contributed by atoms with E-state index >= 15 is 0 Å². The monoisotopic (exact) mass is 396 g/mol. The minimum absolute atomic E-state index is 0.0361. The molecule has 1 fully saturated rings. The Kier molecular flexibility index (Phi) is 5.34. The van der Waals surface area contributed by atoms with Crippen LogP contribution in [0.1, 0.15) is 38.2 Å². The number of benzene rings is 1. The zero-order valence-electron chi connectivity index (χ0n) is 15.9. The second-order valence-electron chi connectivity index (χ2n) is 7.71. The maximum absolute atomic E-state index is 13.4. The third-order valence-electron chi connectivity index (χ3n) is 5.09. The van der Waals surface area contributed by atoms with Gasteiger partial charge in [-0.3, -0.25) is 0 Å². The number of nitrogens with zero attached hydrogens (tertiary/aromatic N) is 1. The van der Waals surface area contributed by atoms with Gasteiger partial charge in [-0.05, 0) is 49.1 Å². The zero-order chi connectivity index (χ0) is 19.8. The summed E-state index contributed by atoms with van der Waals surface area (Å²) < 4.78 is 50.9. The second kappa shape index (κ2) is 7.26. The number of nitrogens with one attached hydrogen (secondary N) is 1. The second-order valence-corrected chi connectivity index (χ2v) is 9.73. The fourth-order valence-corrected chi connectivity index (χ4v) is 4.38. The van der Waals surface area contributed by atoms with E-state index in [2.05, 4.69) is 5.32 Å². The maximum atomic E-state index is 13.4. The molecule has 1 aromatic carbocycles. The Hall–Kier alpha value is -1.89. The SMILES string of the molecule is CC1=CN(C)CC(c2cc(S(C)(=O)=O)ccc2NC2CCC(F)(F)CC2)=C1. The number of likely N-dealkylation sites (N-methyl/N-ethyl adjacent to an activating group) is 1.